The van der Waals surface area contributed by atoms with Crippen molar-refractivity contribution >= 4 is 43.8 Å². The molecule has 4 rings (SSSR count). The maximum atomic E-state index is 13.4. The molecule has 0 unspecified atom stereocenters. The van der Waals surface area contributed by atoms with E-state index in [1.165, 1.54) is 12.1 Å². The fourth-order valence-corrected chi connectivity index (χ4v) is 7.00. The second kappa shape index (κ2) is 10.1. The van der Waals surface area contributed by atoms with Gasteiger partial charge in [-0.1, -0.05) is 33.8 Å². The number of carbonyl (C=O) groups is 2. The summed E-state index contributed by atoms with van der Waals surface area (Å²) in [6.45, 7) is 7.65. The number of cyclic esters (lactones) is 1. The molecule has 6 nitrogen and oxygen atoms in total. The van der Waals surface area contributed by atoms with Gasteiger partial charge in [0.1, 0.15) is 11.5 Å². The van der Waals surface area contributed by atoms with Crippen molar-refractivity contribution in [3.05, 3.63) is 89.3 Å². The first kappa shape index (κ1) is 27.2. The summed E-state index contributed by atoms with van der Waals surface area (Å²) in [5, 5.41) is 32.1. The van der Waals surface area contributed by atoms with E-state index < -0.39 is 17.5 Å². The first-order valence-electron chi connectivity index (χ1n) is 12.3. The molecule has 0 bridgehead atoms. The number of hydrogen-bond acceptors (Lipinski definition) is 5. The van der Waals surface area contributed by atoms with Crippen molar-refractivity contribution in [1.82, 2.24) is 0 Å². The quantitative estimate of drug-likeness (QED) is 0.242. The van der Waals surface area contributed by atoms with Gasteiger partial charge in [0.25, 0.3) is 0 Å². The van der Waals surface area contributed by atoms with Crippen LogP contribution in [0, 0.1) is 0 Å². The normalized spacial score (nSPS) is 13.9. The lowest BCUT2D eigenvalue weighted by atomic mass is 9.75. The average molecular weight is 632 g/mol. The standard InChI is InChI=1S/C29H28Br2O6/c1-5-14-12-20(23(30)16(7-3)25(14)32)29(21-13-15(6-2)26(33)17(8-4)24(21)31)22-18(27(34)35)10-9-11-19(22)28(36)37-29/h9-13,32-33H,5-8H2,1-4H3,(H,34,35). The number of carboxylic acids is 1. The van der Waals surface area contributed by atoms with Gasteiger partial charge in [-0.15, -0.1) is 0 Å². The number of rotatable bonds is 7. The van der Waals surface area contributed by atoms with Crippen LogP contribution in [0.2, 0.25) is 0 Å². The third-order valence-electron chi connectivity index (χ3n) is 7.16. The van der Waals surface area contributed by atoms with Gasteiger partial charge in [0.05, 0.1) is 11.1 Å². The van der Waals surface area contributed by atoms with Crippen LogP contribution < -0.4 is 0 Å². The number of esters is 1. The summed E-state index contributed by atoms with van der Waals surface area (Å²) in [4.78, 5) is 26.0. The zero-order valence-corrected chi connectivity index (χ0v) is 24.2. The Bertz CT molecular complexity index is 1380. The second-order valence-electron chi connectivity index (χ2n) is 8.97. The molecule has 3 N–H and O–H groups in total. The van der Waals surface area contributed by atoms with Gasteiger partial charge < -0.3 is 20.1 Å². The summed E-state index contributed by atoms with van der Waals surface area (Å²) in [6.07, 6.45) is 1.99. The molecule has 0 atom stereocenters. The van der Waals surface area contributed by atoms with Gasteiger partial charge in [-0.3, -0.25) is 0 Å². The number of aromatic carboxylic acids is 1. The van der Waals surface area contributed by atoms with Crippen LogP contribution in [0.1, 0.15) is 87.4 Å². The second-order valence-corrected chi connectivity index (χ2v) is 10.6. The summed E-state index contributed by atoms with van der Waals surface area (Å²) in [5.41, 5.74) is 2.23. The van der Waals surface area contributed by atoms with Crippen LogP contribution in [-0.4, -0.2) is 27.3 Å². The third-order valence-corrected chi connectivity index (χ3v) is 8.97. The van der Waals surface area contributed by atoms with Gasteiger partial charge in [0.15, 0.2) is 5.60 Å². The smallest absolute Gasteiger partial charge is 0.340 e. The lowest BCUT2D eigenvalue weighted by Crippen LogP contribution is -2.33. The van der Waals surface area contributed by atoms with Gasteiger partial charge in [-0.2, -0.15) is 0 Å². The van der Waals surface area contributed by atoms with Crippen molar-refractivity contribution in [2.75, 3.05) is 0 Å². The number of fused-ring (bicyclic) bond motifs is 1. The molecule has 37 heavy (non-hydrogen) atoms. The maximum Gasteiger partial charge on any atom is 0.340 e. The fraction of sp³-hybridized carbons (Fsp3) is 0.310. The Morgan fingerprint density at radius 3 is 1.76 bits per heavy atom. The minimum Gasteiger partial charge on any atom is -0.507 e. The molecule has 1 heterocycles. The van der Waals surface area contributed by atoms with E-state index >= 15 is 0 Å². The zero-order valence-electron chi connectivity index (χ0n) is 21.0. The van der Waals surface area contributed by atoms with E-state index in [4.69, 9.17) is 4.74 Å². The molecule has 0 amide bonds. The molecule has 1 aliphatic heterocycles. The van der Waals surface area contributed by atoms with E-state index in [2.05, 4.69) is 31.9 Å². The van der Waals surface area contributed by atoms with Crippen LogP contribution >= 0.6 is 31.9 Å². The average Bonchev–Trinajstić information content (AvgIpc) is 3.18. The SMILES string of the molecule is CCc1cc(C2(c3cc(CC)c(O)c(CC)c3Br)OC(=O)c3cccc(C(=O)O)c32)c(Br)c(CC)c1O. The van der Waals surface area contributed by atoms with Crippen LogP contribution in [0.25, 0.3) is 0 Å². The summed E-state index contributed by atoms with van der Waals surface area (Å²) in [5.74, 6) is -1.53. The van der Waals surface area contributed by atoms with E-state index in [0.29, 0.717) is 68.0 Å². The zero-order chi connectivity index (χ0) is 27.2. The molecule has 194 valence electrons. The Morgan fingerprint density at radius 2 is 1.35 bits per heavy atom. The summed E-state index contributed by atoms with van der Waals surface area (Å²) >= 11 is 7.36. The lowest BCUT2D eigenvalue weighted by molar-refractivity contribution is 0.0240. The molecule has 8 heteroatoms. The number of ether oxygens (including phenoxy) is 1. The maximum absolute atomic E-state index is 13.4. The Hall–Kier alpha value is -2.84. The molecule has 0 aromatic heterocycles. The molecule has 0 radical (unpaired) electrons. The Labute approximate surface area is 232 Å². The number of phenols is 2. The Kier molecular flexibility index (Phi) is 7.45. The van der Waals surface area contributed by atoms with Crippen LogP contribution in [0.4, 0.5) is 0 Å². The highest BCUT2D eigenvalue weighted by atomic mass is 79.9. The summed E-state index contributed by atoms with van der Waals surface area (Å²) in [6, 6.07) is 8.11. The largest absolute Gasteiger partial charge is 0.507 e. The number of phenolic OH excluding ortho intramolecular Hbond substituents is 2. The van der Waals surface area contributed by atoms with Crippen molar-refractivity contribution < 1.29 is 29.6 Å². The lowest BCUT2D eigenvalue weighted by Gasteiger charge is -2.35. The number of carboxylic acid groups (broad SMARTS) is 1. The van der Waals surface area contributed by atoms with E-state index in [1.54, 1.807) is 18.2 Å². The number of carbonyl (C=O) groups excluding carboxylic acids is 1. The first-order chi connectivity index (χ1) is 17.6. The van der Waals surface area contributed by atoms with Gasteiger partial charge in [0, 0.05) is 36.8 Å². The number of benzene rings is 3. The molecule has 0 aliphatic carbocycles. The van der Waals surface area contributed by atoms with E-state index in [0.717, 1.165) is 0 Å². The third kappa shape index (κ3) is 3.96. The Balaban J connectivity index is 2.31. The number of halogens is 2. The summed E-state index contributed by atoms with van der Waals surface area (Å²) in [7, 11) is 0. The van der Waals surface area contributed by atoms with E-state index in [9.17, 15) is 24.9 Å². The fourth-order valence-electron chi connectivity index (χ4n) is 5.28. The number of aromatic hydroxyl groups is 2. The predicted octanol–water partition coefficient (Wildman–Crippen LogP) is 7.03. The van der Waals surface area contributed by atoms with E-state index in [1.807, 2.05) is 27.7 Å². The molecule has 0 spiro atoms. The monoisotopic (exact) mass is 630 g/mol. The minimum absolute atomic E-state index is 0.0597. The van der Waals surface area contributed by atoms with Crippen LogP contribution in [0.15, 0.2) is 39.3 Å². The van der Waals surface area contributed by atoms with Gasteiger partial charge in [-0.05, 0) is 92.9 Å². The van der Waals surface area contributed by atoms with Crippen molar-refractivity contribution in [3.8, 4) is 11.5 Å². The molecule has 0 saturated heterocycles. The van der Waals surface area contributed by atoms with Gasteiger partial charge >= 0.3 is 11.9 Å². The molecule has 3 aromatic carbocycles. The molecule has 3 aromatic rings. The highest BCUT2D eigenvalue weighted by Crippen LogP contribution is 2.55. The van der Waals surface area contributed by atoms with Crippen molar-refractivity contribution in [3.63, 3.8) is 0 Å². The van der Waals surface area contributed by atoms with Crippen molar-refractivity contribution in [2.45, 2.75) is 59.0 Å². The predicted molar refractivity (Wildman–Crippen MR) is 148 cm³/mol. The van der Waals surface area contributed by atoms with Crippen LogP contribution in [0.5, 0.6) is 11.5 Å². The van der Waals surface area contributed by atoms with Crippen molar-refractivity contribution in [2.24, 2.45) is 0 Å². The highest BCUT2D eigenvalue weighted by molar-refractivity contribution is 9.11. The molecule has 0 fully saturated rings. The minimum atomic E-state index is -1.66. The van der Waals surface area contributed by atoms with E-state index in [-0.39, 0.29) is 28.2 Å². The topological polar surface area (TPSA) is 104 Å². The molecular formula is C29H28Br2O6. The molecular weight excluding hydrogens is 604 g/mol. The summed E-state index contributed by atoms with van der Waals surface area (Å²) < 4.78 is 7.35. The van der Waals surface area contributed by atoms with Crippen LogP contribution in [0.3, 0.4) is 0 Å². The molecule has 0 saturated carbocycles. The Morgan fingerprint density at radius 1 is 0.865 bits per heavy atom. The number of aryl methyl sites for hydroxylation is 2. The van der Waals surface area contributed by atoms with Gasteiger partial charge in [0.2, 0.25) is 0 Å². The van der Waals surface area contributed by atoms with Crippen molar-refractivity contribution in [1.29, 1.82) is 0 Å². The van der Waals surface area contributed by atoms with Gasteiger partial charge in [-0.25, -0.2) is 9.59 Å². The molecule has 1 aliphatic rings. The highest BCUT2D eigenvalue weighted by Gasteiger charge is 2.53. The first-order valence-corrected chi connectivity index (χ1v) is 13.8. The number of hydrogen-bond donors (Lipinski definition) is 3. The van der Waals surface area contributed by atoms with Crippen LogP contribution in [-0.2, 0) is 36.0 Å².